The van der Waals surface area contributed by atoms with Crippen molar-refractivity contribution in [1.29, 1.82) is 0 Å². The van der Waals surface area contributed by atoms with Crippen molar-refractivity contribution in [3.63, 3.8) is 0 Å². The third kappa shape index (κ3) is 5.50. The van der Waals surface area contributed by atoms with Gasteiger partial charge in [0.15, 0.2) is 5.69 Å². The number of amides is 1. The molecule has 0 aliphatic carbocycles. The molecule has 0 atom stereocenters. The first kappa shape index (κ1) is 22.5. The molecule has 3 N–H and O–H groups in total. The van der Waals surface area contributed by atoms with Gasteiger partial charge in [0.2, 0.25) is 5.91 Å². The highest BCUT2D eigenvalue weighted by atomic mass is 79.9. The van der Waals surface area contributed by atoms with E-state index in [1.165, 1.54) is 16.6 Å². The maximum Gasteiger partial charge on any atom is 0.330 e. The van der Waals surface area contributed by atoms with Gasteiger partial charge in [-0.3, -0.25) is 24.0 Å². The van der Waals surface area contributed by atoms with Crippen molar-refractivity contribution >= 4 is 33.3 Å². The lowest BCUT2D eigenvalue weighted by atomic mass is 10.1. The van der Waals surface area contributed by atoms with E-state index in [4.69, 9.17) is 10.5 Å². The summed E-state index contributed by atoms with van der Waals surface area (Å²) in [5.41, 5.74) is 6.41. The van der Waals surface area contributed by atoms with Gasteiger partial charge in [-0.25, -0.2) is 4.79 Å². The minimum Gasteiger partial charge on any atom is -0.383 e. The molecular weight excluding hydrogens is 464 g/mol. The van der Waals surface area contributed by atoms with Gasteiger partial charge < -0.3 is 10.5 Å². The average molecular weight is 487 g/mol. The lowest BCUT2D eigenvalue weighted by Crippen LogP contribution is -2.41. The molecule has 9 heteroatoms. The van der Waals surface area contributed by atoms with Crippen LogP contribution >= 0.6 is 15.9 Å². The Hall–Kier alpha value is -3.17. The highest BCUT2D eigenvalue weighted by molar-refractivity contribution is 9.10. The van der Waals surface area contributed by atoms with Gasteiger partial charge >= 0.3 is 5.69 Å². The quantitative estimate of drug-likeness (QED) is 0.507. The minimum atomic E-state index is -0.712. The van der Waals surface area contributed by atoms with Crippen molar-refractivity contribution in [2.24, 2.45) is 0 Å². The van der Waals surface area contributed by atoms with Crippen LogP contribution in [-0.4, -0.2) is 29.2 Å². The van der Waals surface area contributed by atoms with Crippen molar-refractivity contribution in [2.45, 2.75) is 19.5 Å². The molecule has 1 aromatic heterocycles. The second-order valence-electron chi connectivity index (χ2n) is 6.91. The Labute approximate surface area is 187 Å². The number of carbonyl (C=O) groups is 1. The van der Waals surface area contributed by atoms with Gasteiger partial charge in [-0.05, 0) is 23.3 Å². The maximum atomic E-state index is 13.3. The average Bonchev–Trinajstić information content (AvgIpc) is 2.75. The molecule has 0 spiro atoms. The molecule has 0 aliphatic heterocycles. The summed E-state index contributed by atoms with van der Waals surface area (Å²) in [6.07, 6.45) is 0.0657. The number of halogens is 1. The van der Waals surface area contributed by atoms with Crippen LogP contribution in [0.2, 0.25) is 0 Å². The van der Waals surface area contributed by atoms with Crippen LogP contribution in [0.25, 0.3) is 0 Å². The number of H-pyrrole nitrogens is 1. The monoisotopic (exact) mass is 486 g/mol. The van der Waals surface area contributed by atoms with Gasteiger partial charge in [-0.15, -0.1) is 0 Å². The lowest BCUT2D eigenvalue weighted by molar-refractivity contribution is -0.118. The number of nitrogens with two attached hydrogens (primary N) is 1. The SMILES string of the molecule is COCCn1c(N)c(N(Cc2ccccc2)C(=O)Cc2ccc(Br)cc2)c(=O)[nH]c1=O. The molecular formula is C22H23BrN4O4. The Kier molecular flexibility index (Phi) is 7.43. The molecule has 3 rings (SSSR count). The van der Waals surface area contributed by atoms with Crippen LogP contribution < -0.4 is 21.9 Å². The van der Waals surface area contributed by atoms with Gasteiger partial charge in [-0.2, -0.15) is 0 Å². The van der Waals surface area contributed by atoms with Gasteiger partial charge in [0.25, 0.3) is 5.56 Å². The molecule has 8 nitrogen and oxygen atoms in total. The normalized spacial score (nSPS) is 10.8. The van der Waals surface area contributed by atoms with Crippen LogP contribution in [0, 0.1) is 0 Å². The summed E-state index contributed by atoms with van der Waals surface area (Å²) >= 11 is 3.38. The molecule has 0 aliphatic rings. The van der Waals surface area contributed by atoms with Gasteiger partial charge in [-0.1, -0.05) is 58.4 Å². The van der Waals surface area contributed by atoms with E-state index in [0.717, 1.165) is 15.6 Å². The number of aromatic amines is 1. The number of hydrogen-bond acceptors (Lipinski definition) is 5. The summed E-state index contributed by atoms with van der Waals surface area (Å²) in [6.45, 7) is 0.498. The fraction of sp³-hybridized carbons (Fsp3) is 0.227. The molecule has 1 heterocycles. The molecule has 0 saturated carbocycles. The van der Waals surface area contributed by atoms with Gasteiger partial charge in [0.1, 0.15) is 5.82 Å². The number of hydrogen-bond donors (Lipinski definition) is 2. The van der Waals surface area contributed by atoms with E-state index in [-0.39, 0.29) is 43.5 Å². The zero-order chi connectivity index (χ0) is 22.4. The van der Waals surface area contributed by atoms with E-state index < -0.39 is 11.2 Å². The summed E-state index contributed by atoms with van der Waals surface area (Å²) in [7, 11) is 1.50. The number of nitrogen functional groups attached to an aromatic ring is 1. The lowest BCUT2D eigenvalue weighted by Gasteiger charge is -2.25. The van der Waals surface area contributed by atoms with E-state index in [1.54, 1.807) is 0 Å². The number of ether oxygens (including phenoxy) is 1. The van der Waals surface area contributed by atoms with E-state index in [9.17, 15) is 14.4 Å². The number of benzene rings is 2. The van der Waals surface area contributed by atoms with Crippen LogP contribution in [-0.2, 0) is 29.0 Å². The molecule has 0 radical (unpaired) electrons. The van der Waals surface area contributed by atoms with Crippen LogP contribution in [0.5, 0.6) is 0 Å². The van der Waals surface area contributed by atoms with Crippen molar-refractivity contribution in [2.75, 3.05) is 24.4 Å². The van der Waals surface area contributed by atoms with Crippen LogP contribution in [0.15, 0.2) is 68.7 Å². The van der Waals surface area contributed by atoms with Gasteiger partial charge in [0.05, 0.1) is 26.1 Å². The van der Waals surface area contributed by atoms with Crippen molar-refractivity contribution in [3.8, 4) is 0 Å². The summed E-state index contributed by atoms with van der Waals surface area (Å²) in [5, 5.41) is 0. The van der Waals surface area contributed by atoms with E-state index >= 15 is 0 Å². The molecule has 1 amide bonds. The smallest absolute Gasteiger partial charge is 0.330 e. The Morgan fingerprint density at radius 1 is 1.10 bits per heavy atom. The Morgan fingerprint density at radius 3 is 2.42 bits per heavy atom. The third-order valence-corrected chi connectivity index (χ3v) is 5.28. The number of nitrogens with zero attached hydrogens (tertiary/aromatic N) is 2. The second-order valence-corrected chi connectivity index (χ2v) is 7.82. The predicted molar refractivity (Wildman–Crippen MR) is 123 cm³/mol. The Balaban J connectivity index is 2.05. The summed E-state index contributed by atoms with van der Waals surface area (Å²) < 4.78 is 7.12. The molecule has 162 valence electrons. The molecule has 31 heavy (non-hydrogen) atoms. The first-order valence-corrected chi connectivity index (χ1v) is 10.4. The molecule has 0 bridgehead atoms. The zero-order valence-electron chi connectivity index (χ0n) is 17.0. The van der Waals surface area contributed by atoms with E-state index in [2.05, 4.69) is 20.9 Å². The van der Waals surface area contributed by atoms with Crippen molar-refractivity contribution < 1.29 is 9.53 Å². The number of methoxy groups -OCH3 is 1. The second kappa shape index (κ2) is 10.2. The van der Waals surface area contributed by atoms with Crippen molar-refractivity contribution in [3.05, 3.63) is 91.0 Å². The number of carbonyl (C=O) groups excluding carboxylic acids is 1. The molecule has 0 unspecified atom stereocenters. The number of anilines is 2. The number of nitrogens with one attached hydrogen (secondary N) is 1. The molecule has 0 saturated heterocycles. The third-order valence-electron chi connectivity index (χ3n) is 4.76. The molecule has 3 aromatic rings. The standard InChI is InChI=1S/C22H23BrN4O4/c1-31-12-11-26-20(24)19(21(29)25-22(26)30)27(14-16-5-3-2-4-6-16)18(28)13-15-7-9-17(23)10-8-15/h2-10H,11-14,24H2,1H3,(H,25,29,30). The Morgan fingerprint density at radius 2 is 1.77 bits per heavy atom. The minimum absolute atomic E-state index is 0.0540. The largest absolute Gasteiger partial charge is 0.383 e. The van der Waals surface area contributed by atoms with E-state index in [1.807, 2.05) is 54.6 Å². The highest BCUT2D eigenvalue weighted by Crippen LogP contribution is 2.21. The maximum absolute atomic E-state index is 13.3. The van der Waals surface area contributed by atoms with E-state index in [0.29, 0.717) is 0 Å². The predicted octanol–water partition coefficient (Wildman–Crippen LogP) is 2.30. The zero-order valence-corrected chi connectivity index (χ0v) is 18.6. The molecule has 2 aromatic carbocycles. The highest BCUT2D eigenvalue weighted by Gasteiger charge is 2.24. The van der Waals surface area contributed by atoms with Crippen LogP contribution in [0.1, 0.15) is 11.1 Å². The fourth-order valence-corrected chi connectivity index (χ4v) is 3.44. The first-order chi connectivity index (χ1) is 14.9. The Bertz CT molecular complexity index is 1160. The number of aromatic nitrogens is 2. The summed E-state index contributed by atoms with van der Waals surface area (Å²) in [4.78, 5) is 41.9. The topological polar surface area (TPSA) is 110 Å². The number of rotatable bonds is 8. The summed E-state index contributed by atoms with van der Waals surface area (Å²) in [5.74, 6) is -0.397. The van der Waals surface area contributed by atoms with Gasteiger partial charge in [0, 0.05) is 11.6 Å². The van der Waals surface area contributed by atoms with Crippen LogP contribution in [0.4, 0.5) is 11.5 Å². The van der Waals surface area contributed by atoms with Crippen molar-refractivity contribution in [1.82, 2.24) is 9.55 Å². The first-order valence-electron chi connectivity index (χ1n) is 9.61. The van der Waals surface area contributed by atoms with Crippen LogP contribution in [0.3, 0.4) is 0 Å². The molecule has 0 fully saturated rings. The fourth-order valence-electron chi connectivity index (χ4n) is 3.17. The summed E-state index contributed by atoms with van der Waals surface area (Å²) in [6, 6.07) is 16.6.